The molecule has 2 saturated heterocycles. The highest BCUT2D eigenvalue weighted by molar-refractivity contribution is 5.62. The number of ether oxygens (including phenoxy) is 1. The van der Waals surface area contributed by atoms with Gasteiger partial charge >= 0.3 is 0 Å². The molecule has 2 rings (SSSR count). The van der Waals surface area contributed by atoms with Gasteiger partial charge in [-0.05, 0) is 59.2 Å². The van der Waals surface area contributed by atoms with E-state index in [4.69, 9.17) is 14.6 Å². The molecule has 23 heavy (non-hydrogen) atoms. The minimum absolute atomic E-state index is 0.334. The lowest BCUT2D eigenvalue weighted by molar-refractivity contribution is -0.134. The Morgan fingerprint density at radius 1 is 1.00 bits per heavy atom. The number of hydrogen-bond acceptors (Lipinski definition) is 4. The lowest BCUT2D eigenvalue weighted by Gasteiger charge is -2.31. The molecule has 5 nitrogen and oxygen atoms in total. The number of carbonyl (C=O) groups is 1. The Kier molecular flexibility index (Phi) is 14.5. The Hall–Kier alpha value is -0.650. The minimum atomic E-state index is -0.833. The predicted molar refractivity (Wildman–Crippen MR) is 95.8 cm³/mol. The molecule has 2 aliphatic heterocycles. The summed E-state index contributed by atoms with van der Waals surface area (Å²) < 4.78 is 5.51. The fourth-order valence-electron chi connectivity index (χ4n) is 2.90. The van der Waals surface area contributed by atoms with Crippen molar-refractivity contribution < 1.29 is 14.6 Å². The second-order valence-electron chi connectivity index (χ2n) is 6.17. The third-order valence-corrected chi connectivity index (χ3v) is 4.21. The Morgan fingerprint density at radius 2 is 1.43 bits per heavy atom. The molecule has 0 spiro atoms. The van der Waals surface area contributed by atoms with Crippen LogP contribution in [0.4, 0.5) is 0 Å². The highest BCUT2D eigenvalue weighted by Crippen LogP contribution is 2.12. The minimum Gasteiger partial charge on any atom is -0.481 e. The van der Waals surface area contributed by atoms with Crippen molar-refractivity contribution in [3.63, 3.8) is 0 Å². The summed E-state index contributed by atoms with van der Waals surface area (Å²) in [6, 6.07) is 0. The number of carboxylic acid groups (broad SMARTS) is 1. The normalized spacial score (nSPS) is 20.5. The number of carboxylic acids is 1. The smallest absolute Gasteiger partial charge is 0.300 e. The van der Waals surface area contributed by atoms with Crippen LogP contribution in [0.5, 0.6) is 0 Å². The monoisotopic (exact) mass is 330 g/mol. The molecule has 2 aliphatic rings. The van der Waals surface area contributed by atoms with E-state index in [1.807, 2.05) is 0 Å². The zero-order valence-corrected chi connectivity index (χ0v) is 15.7. The highest BCUT2D eigenvalue weighted by Gasteiger charge is 2.15. The zero-order valence-electron chi connectivity index (χ0n) is 15.7. The molecule has 0 amide bonds. The van der Waals surface area contributed by atoms with E-state index in [0.29, 0.717) is 6.23 Å². The molecule has 138 valence electrons. The maximum Gasteiger partial charge on any atom is 0.300 e. The first kappa shape index (κ1) is 22.4. The molecule has 0 aliphatic carbocycles. The lowest BCUT2D eigenvalue weighted by Crippen LogP contribution is -2.38. The van der Waals surface area contributed by atoms with E-state index >= 15 is 0 Å². The van der Waals surface area contributed by atoms with Crippen LogP contribution in [-0.4, -0.2) is 66.4 Å². The van der Waals surface area contributed by atoms with Gasteiger partial charge in [-0.1, -0.05) is 19.8 Å². The fourth-order valence-corrected chi connectivity index (χ4v) is 2.90. The maximum absolute atomic E-state index is 9.00. The first-order valence-corrected chi connectivity index (χ1v) is 9.28. The van der Waals surface area contributed by atoms with E-state index in [2.05, 4.69) is 30.6 Å². The number of aliphatic carboxylic acids is 1. The van der Waals surface area contributed by atoms with Crippen LogP contribution in [0, 0.1) is 0 Å². The van der Waals surface area contributed by atoms with Gasteiger partial charge in [0.1, 0.15) is 6.23 Å². The Bertz CT molecular complexity index is 271. The quantitative estimate of drug-likeness (QED) is 0.856. The number of nitrogens with zero attached hydrogens (tertiary/aromatic N) is 2. The van der Waals surface area contributed by atoms with Gasteiger partial charge in [0.25, 0.3) is 5.97 Å². The van der Waals surface area contributed by atoms with Crippen LogP contribution in [-0.2, 0) is 9.53 Å². The fraction of sp³-hybridized carbons (Fsp3) is 0.944. The third-order valence-electron chi connectivity index (χ3n) is 4.21. The molecule has 0 bridgehead atoms. The maximum atomic E-state index is 9.00. The van der Waals surface area contributed by atoms with E-state index in [1.165, 1.54) is 71.2 Å². The summed E-state index contributed by atoms with van der Waals surface area (Å²) in [7, 11) is 0. The summed E-state index contributed by atoms with van der Waals surface area (Å²) >= 11 is 0. The summed E-state index contributed by atoms with van der Waals surface area (Å²) in [5, 5.41) is 7.42. The Morgan fingerprint density at radius 3 is 1.78 bits per heavy atom. The molecule has 1 atom stereocenters. The van der Waals surface area contributed by atoms with Crippen LogP contribution in [0.25, 0.3) is 0 Å². The number of hydrogen-bond donors (Lipinski definition) is 1. The molecule has 0 aromatic rings. The average molecular weight is 331 g/mol. The Labute approximate surface area is 143 Å². The van der Waals surface area contributed by atoms with Crippen LogP contribution >= 0.6 is 0 Å². The van der Waals surface area contributed by atoms with Gasteiger partial charge in [0.2, 0.25) is 0 Å². The van der Waals surface area contributed by atoms with Crippen LogP contribution in [0.15, 0.2) is 0 Å². The predicted octanol–water partition coefficient (Wildman–Crippen LogP) is 3.44. The van der Waals surface area contributed by atoms with Gasteiger partial charge in [0.15, 0.2) is 0 Å². The molecule has 5 heteroatoms. The Balaban J connectivity index is 0.000000354. The van der Waals surface area contributed by atoms with Gasteiger partial charge in [0, 0.05) is 26.6 Å². The zero-order chi connectivity index (χ0) is 17.5. The second kappa shape index (κ2) is 14.9. The van der Waals surface area contributed by atoms with Crippen molar-refractivity contribution in [1.82, 2.24) is 9.80 Å². The molecule has 2 heterocycles. The standard InChI is InChI=1S/C9H19NO.C7H15N.C2H4O2/c1-3-11-9(2)10-7-5-4-6-8-10;1-2-8-6-4-3-5-7-8;1-2(3)4/h9H,3-8H2,1-2H3;2-7H2,1H3;1H3,(H,3,4). The molecule has 0 aromatic carbocycles. The summed E-state index contributed by atoms with van der Waals surface area (Å²) in [6.07, 6.45) is 8.72. The van der Waals surface area contributed by atoms with E-state index in [0.717, 1.165) is 13.5 Å². The van der Waals surface area contributed by atoms with Gasteiger partial charge in [0.05, 0.1) is 0 Å². The van der Waals surface area contributed by atoms with Gasteiger partial charge in [-0.2, -0.15) is 0 Å². The van der Waals surface area contributed by atoms with Crippen molar-refractivity contribution in [3.8, 4) is 0 Å². The summed E-state index contributed by atoms with van der Waals surface area (Å²) in [4.78, 5) is 13.9. The van der Waals surface area contributed by atoms with E-state index in [-0.39, 0.29) is 0 Å². The largest absolute Gasteiger partial charge is 0.481 e. The molecular formula is C18H38N2O3. The molecule has 0 radical (unpaired) electrons. The van der Waals surface area contributed by atoms with E-state index in [1.54, 1.807) is 0 Å². The molecule has 2 fully saturated rings. The second-order valence-corrected chi connectivity index (χ2v) is 6.17. The topological polar surface area (TPSA) is 53.0 Å². The van der Waals surface area contributed by atoms with Crippen molar-refractivity contribution in [3.05, 3.63) is 0 Å². The van der Waals surface area contributed by atoms with Crippen molar-refractivity contribution in [1.29, 1.82) is 0 Å². The van der Waals surface area contributed by atoms with Crippen molar-refractivity contribution >= 4 is 5.97 Å². The molecule has 0 aromatic heterocycles. The SMILES string of the molecule is CC(=O)O.CCN1CCCCC1.CCOC(C)N1CCCCC1. The molecular weight excluding hydrogens is 292 g/mol. The van der Waals surface area contributed by atoms with Crippen molar-refractivity contribution in [2.24, 2.45) is 0 Å². The lowest BCUT2D eigenvalue weighted by atomic mass is 10.1. The van der Waals surface area contributed by atoms with E-state index in [9.17, 15) is 0 Å². The molecule has 1 unspecified atom stereocenters. The summed E-state index contributed by atoms with van der Waals surface area (Å²) in [6.45, 7) is 14.7. The summed E-state index contributed by atoms with van der Waals surface area (Å²) in [5.41, 5.74) is 0. The van der Waals surface area contributed by atoms with Crippen LogP contribution in [0.2, 0.25) is 0 Å². The summed E-state index contributed by atoms with van der Waals surface area (Å²) in [5.74, 6) is -0.833. The molecule has 1 N–H and O–H groups in total. The van der Waals surface area contributed by atoms with E-state index < -0.39 is 5.97 Å². The van der Waals surface area contributed by atoms with Gasteiger partial charge in [-0.15, -0.1) is 0 Å². The molecule has 0 saturated carbocycles. The number of piperidine rings is 2. The van der Waals surface area contributed by atoms with Crippen LogP contribution < -0.4 is 0 Å². The van der Waals surface area contributed by atoms with Gasteiger partial charge in [-0.25, -0.2) is 0 Å². The first-order valence-electron chi connectivity index (χ1n) is 9.28. The third kappa shape index (κ3) is 13.5. The average Bonchev–Trinajstić information content (AvgIpc) is 2.57. The van der Waals surface area contributed by atoms with Gasteiger partial charge in [-0.3, -0.25) is 9.69 Å². The number of rotatable bonds is 4. The van der Waals surface area contributed by atoms with Crippen LogP contribution in [0.1, 0.15) is 66.2 Å². The van der Waals surface area contributed by atoms with Crippen molar-refractivity contribution in [2.75, 3.05) is 39.3 Å². The van der Waals surface area contributed by atoms with Crippen LogP contribution in [0.3, 0.4) is 0 Å². The van der Waals surface area contributed by atoms with Gasteiger partial charge < -0.3 is 14.7 Å². The van der Waals surface area contributed by atoms with Crippen molar-refractivity contribution in [2.45, 2.75) is 72.4 Å². The number of likely N-dealkylation sites (tertiary alicyclic amines) is 2. The first-order chi connectivity index (χ1) is 11.0. The highest BCUT2D eigenvalue weighted by atomic mass is 16.5.